The topological polar surface area (TPSA) is 16.1 Å². The number of pyridine rings is 1. The van der Waals surface area contributed by atoms with Crippen LogP contribution in [-0.4, -0.2) is 23.0 Å². The Morgan fingerprint density at radius 2 is 2.20 bits per heavy atom. The molecule has 1 aliphatic rings. The van der Waals surface area contributed by atoms with Gasteiger partial charge in [0.25, 0.3) is 0 Å². The standard InChI is InChI=1S/C18H24N2/c1-14(2)16-7-4-10-20(12-16)13-17-6-3-5-15-11-19-9-8-18(15)17/h3,5-6,8-9,11,14,16H,4,7,10,12-13H2,1-2H3/t16-/m1/s1. The molecule has 0 unspecified atom stereocenters. The largest absolute Gasteiger partial charge is 0.299 e. The number of rotatable bonds is 3. The van der Waals surface area contributed by atoms with Crippen molar-refractivity contribution in [2.45, 2.75) is 33.2 Å². The first kappa shape index (κ1) is 13.6. The van der Waals surface area contributed by atoms with Crippen LogP contribution in [0.5, 0.6) is 0 Å². The van der Waals surface area contributed by atoms with Crippen LogP contribution in [0.1, 0.15) is 32.3 Å². The molecule has 2 nitrogen and oxygen atoms in total. The summed E-state index contributed by atoms with van der Waals surface area (Å²) in [5.41, 5.74) is 1.44. The lowest BCUT2D eigenvalue weighted by molar-refractivity contribution is 0.139. The number of benzene rings is 1. The molecule has 106 valence electrons. The van der Waals surface area contributed by atoms with Gasteiger partial charge in [-0.15, -0.1) is 0 Å². The molecule has 0 amide bonds. The van der Waals surface area contributed by atoms with Crippen LogP contribution in [0.3, 0.4) is 0 Å². The summed E-state index contributed by atoms with van der Waals surface area (Å²) in [6, 6.07) is 8.72. The predicted octanol–water partition coefficient (Wildman–Crippen LogP) is 4.10. The molecule has 20 heavy (non-hydrogen) atoms. The highest BCUT2D eigenvalue weighted by molar-refractivity contribution is 5.84. The Labute approximate surface area is 121 Å². The van der Waals surface area contributed by atoms with E-state index in [2.05, 4.69) is 48.0 Å². The van der Waals surface area contributed by atoms with Crippen LogP contribution in [0.4, 0.5) is 0 Å². The van der Waals surface area contributed by atoms with Crippen molar-refractivity contribution in [3.63, 3.8) is 0 Å². The fourth-order valence-corrected chi connectivity index (χ4v) is 3.35. The van der Waals surface area contributed by atoms with Crippen LogP contribution < -0.4 is 0 Å². The summed E-state index contributed by atoms with van der Waals surface area (Å²) in [5.74, 6) is 1.66. The Bertz CT molecular complexity index is 571. The molecule has 2 aromatic rings. The van der Waals surface area contributed by atoms with Crippen LogP contribution in [-0.2, 0) is 6.54 Å². The van der Waals surface area contributed by atoms with Gasteiger partial charge in [0, 0.05) is 30.9 Å². The van der Waals surface area contributed by atoms with Gasteiger partial charge in [0.2, 0.25) is 0 Å². The van der Waals surface area contributed by atoms with Gasteiger partial charge in [-0.2, -0.15) is 0 Å². The van der Waals surface area contributed by atoms with E-state index in [1.54, 1.807) is 0 Å². The van der Waals surface area contributed by atoms with E-state index in [1.165, 1.54) is 42.3 Å². The number of hydrogen-bond acceptors (Lipinski definition) is 2. The maximum absolute atomic E-state index is 4.22. The minimum absolute atomic E-state index is 0.800. The van der Waals surface area contributed by atoms with Gasteiger partial charge in [-0.1, -0.05) is 32.0 Å². The van der Waals surface area contributed by atoms with Crippen LogP contribution in [0.2, 0.25) is 0 Å². The molecule has 1 aromatic carbocycles. The van der Waals surface area contributed by atoms with Gasteiger partial charge in [-0.3, -0.25) is 9.88 Å². The molecule has 0 spiro atoms. The smallest absolute Gasteiger partial charge is 0.0346 e. The summed E-state index contributed by atoms with van der Waals surface area (Å²) in [7, 11) is 0. The molecule has 1 fully saturated rings. The first-order chi connectivity index (χ1) is 9.74. The number of aromatic nitrogens is 1. The van der Waals surface area contributed by atoms with E-state index < -0.39 is 0 Å². The summed E-state index contributed by atoms with van der Waals surface area (Å²) in [4.78, 5) is 6.85. The second kappa shape index (κ2) is 5.92. The molecular formula is C18H24N2. The molecule has 0 bridgehead atoms. The molecule has 1 atom stereocenters. The quantitative estimate of drug-likeness (QED) is 0.833. The molecular weight excluding hydrogens is 244 g/mol. The number of likely N-dealkylation sites (tertiary alicyclic amines) is 1. The Hall–Kier alpha value is -1.41. The average molecular weight is 268 g/mol. The molecule has 3 rings (SSSR count). The minimum Gasteiger partial charge on any atom is -0.299 e. The summed E-state index contributed by atoms with van der Waals surface area (Å²) in [6.07, 6.45) is 6.60. The van der Waals surface area contributed by atoms with Crippen molar-refractivity contribution in [3.05, 3.63) is 42.2 Å². The highest BCUT2D eigenvalue weighted by Crippen LogP contribution is 2.26. The van der Waals surface area contributed by atoms with Crippen molar-refractivity contribution in [2.24, 2.45) is 11.8 Å². The van der Waals surface area contributed by atoms with Crippen LogP contribution in [0, 0.1) is 11.8 Å². The van der Waals surface area contributed by atoms with Crippen LogP contribution in [0.25, 0.3) is 10.8 Å². The fraction of sp³-hybridized carbons (Fsp3) is 0.500. The minimum atomic E-state index is 0.800. The van der Waals surface area contributed by atoms with Gasteiger partial charge in [0.15, 0.2) is 0 Å². The molecule has 0 N–H and O–H groups in total. The summed E-state index contributed by atoms with van der Waals surface area (Å²) in [5, 5.41) is 2.61. The Morgan fingerprint density at radius 3 is 3.05 bits per heavy atom. The average Bonchev–Trinajstić information content (AvgIpc) is 2.48. The summed E-state index contributed by atoms with van der Waals surface area (Å²) >= 11 is 0. The van der Waals surface area contributed by atoms with E-state index in [4.69, 9.17) is 0 Å². The van der Waals surface area contributed by atoms with E-state index >= 15 is 0 Å². The van der Waals surface area contributed by atoms with E-state index in [1.807, 2.05) is 12.4 Å². The highest BCUT2D eigenvalue weighted by Gasteiger charge is 2.22. The third-order valence-electron chi connectivity index (χ3n) is 4.65. The summed E-state index contributed by atoms with van der Waals surface area (Å²) in [6.45, 7) is 8.28. The Morgan fingerprint density at radius 1 is 1.30 bits per heavy atom. The Balaban J connectivity index is 1.79. The van der Waals surface area contributed by atoms with E-state index in [-0.39, 0.29) is 0 Å². The third kappa shape index (κ3) is 2.85. The van der Waals surface area contributed by atoms with Gasteiger partial charge in [0.1, 0.15) is 0 Å². The molecule has 1 saturated heterocycles. The Kier molecular flexibility index (Phi) is 4.02. The normalized spacial score (nSPS) is 20.6. The predicted molar refractivity (Wildman–Crippen MR) is 84.6 cm³/mol. The zero-order chi connectivity index (χ0) is 13.9. The maximum atomic E-state index is 4.22. The first-order valence-electron chi connectivity index (χ1n) is 7.78. The fourth-order valence-electron chi connectivity index (χ4n) is 3.35. The molecule has 1 aromatic heterocycles. The number of nitrogens with zero attached hydrogens (tertiary/aromatic N) is 2. The van der Waals surface area contributed by atoms with E-state index in [0.29, 0.717) is 0 Å². The lowest BCUT2D eigenvalue weighted by atomic mass is 9.87. The molecule has 2 heteroatoms. The second-order valence-corrected chi connectivity index (χ2v) is 6.40. The zero-order valence-electron chi connectivity index (χ0n) is 12.5. The van der Waals surface area contributed by atoms with Crippen molar-refractivity contribution < 1.29 is 0 Å². The number of fused-ring (bicyclic) bond motifs is 1. The van der Waals surface area contributed by atoms with Gasteiger partial charge >= 0.3 is 0 Å². The summed E-state index contributed by atoms with van der Waals surface area (Å²) < 4.78 is 0. The van der Waals surface area contributed by atoms with Crippen LogP contribution in [0.15, 0.2) is 36.7 Å². The first-order valence-corrected chi connectivity index (χ1v) is 7.78. The van der Waals surface area contributed by atoms with Crippen molar-refractivity contribution in [3.8, 4) is 0 Å². The number of piperidine rings is 1. The van der Waals surface area contributed by atoms with E-state index in [0.717, 1.165) is 18.4 Å². The lowest BCUT2D eigenvalue weighted by Gasteiger charge is -2.35. The van der Waals surface area contributed by atoms with Gasteiger partial charge in [-0.05, 0) is 48.2 Å². The van der Waals surface area contributed by atoms with Crippen molar-refractivity contribution in [2.75, 3.05) is 13.1 Å². The van der Waals surface area contributed by atoms with Crippen molar-refractivity contribution >= 4 is 10.8 Å². The van der Waals surface area contributed by atoms with Crippen molar-refractivity contribution in [1.29, 1.82) is 0 Å². The molecule has 2 heterocycles. The van der Waals surface area contributed by atoms with Crippen molar-refractivity contribution in [1.82, 2.24) is 9.88 Å². The third-order valence-corrected chi connectivity index (χ3v) is 4.65. The zero-order valence-corrected chi connectivity index (χ0v) is 12.5. The highest BCUT2D eigenvalue weighted by atomic mass is 15.1. The van der Waals surface area contributed by atoms with Crippen LogP contribution >= 0.6 is 0 Å². The lowest BCUT2D eigenvalue weighted by Crippen LogP contribution is -2.36. The molecule has 0 aliphatic carbocycles. The number of hydrogen-bond donors (Lipinski definition) is 0. The molecule has 1 aliphatic heterocycles. The van der Waals surface area contributed by atoms with Gasteiger partial charge in [-0.25, -0.2) is 0 Å². The second-order valence-electron chi connectivity index (χ2n) is 6.40. The maximum Gasteiger partial charge on any atom is 0.0346 e. The molecule has 0 saturated carbocycles. The monoisotopic (exact) mass is 268 g/mol. The van der Waals surface area contributed by atoms with E-state index in [9.17, 15) is 0 Å². The molecule has 0 radical (unpaired) electrons. The van der Waals surface area contributed by atoms with Gasteiger partial charge in [0.05, 0.1) is 0 Å². The SMILES string of the molecule is CC(C)[C@@H]1CCCN(Cc2cccc3cnccc23)C1. The van der Waals surface area contributed by atoms with Gasteiger partial charge < -0.3 is 0 Å².